The van der Waals surface area contributed by atoms with E-state index in [-0.39, 0.29) is 29.9 Å². The van der Waals surface area contributed by atoms with Gasteiger partial charge in [-0.3, -0.25) is 4.79 Å². The number of piperidine rings is 1. The predicted molar refractivity (Wildman–Crippen MR) is 82.4 cm³/mol. The Balaban J connectivity index is 1.93. The monoisotopic (exact) mass is 348 g/mol. The van der Waals surface area contributed by atoms with E-state index in [1.54, 1.807) is 6.07 Å². The van der Waals surface area contributed by atoms with Crippen molar-refractivity contribution in [3.05, 3.63) is 34.6 Å². The summed E-state index contributed by atoms with van der Waals surface area (Å²) in [5.41, 5.74) is 0.690. The second kappa shape index (κ2) is 6.93. The van der Waals surface area contributed by atoms with Gasteiger partial charge in [0.2, 0.25) is 15.9 Å². The van der Waals surface area contributed by atoms with E-state index in [1.807, 2.05) is 0 Å². The highest BCUT2D eigenvalue weighted by Gasteiger charge is 2.29. The Kier molecular flexibility index (Phi) is 5.41. The smallest absolute Gasteiger partial charge is 0.224 e. The molecule has 122 valence electrons. The quantitative estimate of drug-likeness (QED) is 0.901. The molecule has 1 amide bonds. The van der Waals surface area contributed by atoms with Gasteiger partial charge in [-0.05, 0) is 30.5 Å². The summed E-state index contributed by atoms with van der Waals surface area (Å²) in [5, 5.41) is 2.75. The van der Waals surface area contributed by atoms with Gasteiger partial charge in [0.25, 0.3) is 0 Å². The summed E-state index contributed by atoms with van der Waals surface area (Å²) in [7, 11) is -3.28. The van der Waals surface area contributed by atoms with E-state index < -0.39 is 15.8 Å². The molecule has 1 aliphatic rings. The number of rotatable bonds is 4. The first kappa shape index (κ1) is 17.2. The Morgan fingerprint density at radius 3 is 2.86 bits per heavy atom. The topological polar surface area (TPSA) is 66.5 Å². The van der Waals surface area contributed by atoms with Gasteiger partial charge in [-0.1, -0.05) is 17.7 Å². The number of hydrogen-bond acceptors (Lipinski definition) is 3. The highest BCUT2D eigenvalue weighted by molar-refractivity contribution is 7.88. The molecule has 1 aromatic rings. The van der Waals surface area contributed by atoms with E-state index in [4.69, 9.17) is 11.6 Å². The molecular weight excluding hydrogens is 331 g/mol. The van der Waals surface area contributed by atoms with Gasteiger partial charge in [0.1, 0.15) is 5.82 Å². The molecule has 0 spiro atoms. The van der Waals surface area contributed by atoms with Gasteiger partial charge < -0.3 is 5.32 Å². The van der Waals surface area contributed by atoms with E-state index >= 15 is 0 Å². The first-order valence-electron chi connectivity index (χ1n) is 6.94. The van der Waals surface area contributed by atoms with Crippen LogP contribution < -0.4 is 5.32 Å². The molecule has 22 heavy (non-hydrogen) atoms. The fourth-order valence-corrected chi connectivity index (χ4v) is 3.56. The first-order valence-corrected chi connectivity index (χ1v) is 9.17. The third-order valence-electron chi connectivity index (χ3n) is 3.67. The molecule has 1 heterocycles. The van der Waals surface area contributed by atoms with Crippen molar-refractivity contribution >= 4 is 27.5 Å². The SMILES string of the molecule is CS(=O)(=O)N1CCC[C@H](C(=O)NCc2ccc(F)c(Cl)c2)C1. The van der Waals surface area contributed by atoms with Crippen molar-refractivity contribution in [3.8, 4) is 0 Å². The van der Waals surface area contributed by atoms with Gasteiger partial charge in [-0.2, -0.15) is 0 Å². The van der Waals surface area contributed by atoms with E-state index in [9.17, 15) is 17.6 Å². The number of sulfonamides is 1. The summed E-state index contributed by atoms with van der Waals surface area (Å²) in [6.07, 6.45) is 2.46. The van der Waals surface area contributed by atoms with E-state index in [0.29, 0.717) is 24.9 Å². The van der Waals surface area contributed by atoms with Crippen LogP contribution in [-0.2, 0) is 21.4 Å². The lowest BCUT2D eigenvalue weighted by atomic mass is 9.99. The minimum absolute atomic E-state index is 0.00710. The van der Waals surface area contributed by atoms with Crippen molar-refractivity contribution in [1.82, 2.24) is 9.62 Å². The lowest BCUT2D eigenvalue weighted by molar-refractivity contribution is -0.126. The van der Waals surface area contributed by atoms with Crippen molar-refractivity contribution < 1.29 is 17.6 Å². The maximum absolute atomic E-state index is 13.1. The normalized spacial score (nSPS) is 19.9. The van der Waals surface area contributed by atoms with Crippen LogP contribution in [0.1, 0.15) is 18.4 Å². The first-order chi connectivity index (χ1) is 10.3. The summed E-state index contributed by atoms with van der Waals surface area (Å²) >= 11 is 5.69. The molecule has 0 saturated carbocycles. The Labute approximate surface area is 134 Å². The number of benzene rings is 1. The molecule has 1 atom stereocenters. The largest absolute Gasteiger partial charge is 0.352 e. The molecular formula is C14H18ClFN2O3S. The Bertz CT molecular complexity index is 666. The summed E-state index contributed by atoms with van der Waals surface area (Å²) in [6.45, 7) is 0.888. The van der Waals surface area contributed by atoms with Crippen LogP contribution in [0.25, 0.3) is 0 Å². The highest BCUT2D eigenvalue weighted by atomic mass is 35.5. The van der Waals surface area contributed by atoms with Crippen LogP contribution in [0.2, 0.25) is 5.02 Å². The van der Waals surface area contributed by atoms with Crippen LogP contribution in [0.3, 0.4) is 0 Å². The average molecular weight is 349 g/mol. The van der Waals surface area contributed by atoms with Crippen molar-refractivity contribution in [3.63, 3.8) is 0 Å². The maximum Gasteiger partial charge on any atom is 0.224 e. The zero-order chi connectivity index (χ0) is 16.3. The van der Waals surface area contributed by atoms with E-state index in [1.165, 1.54) is 16.4 Å². The molecule has 1 aromatic carbocycles. The van der Waals surface area contributed by atoms with Gasteiger partial charge in [0.05, 0.1) is 17.2 Å². The maximum atomic E-state index is 13.1. The fourth-order valence-electron chi connectivity index (χ4n) is 2.44. The number of carbonyl (C=O) groups excluding carboxylic acids is 1. The number of hydrogen-bond donors (Lipinski definition) is 1. The molecule has 1 N–H and O–H groups in total. The number of carbonyl (C=O) groups is 1. The Morgan fingerprint density at radius 1 is 1.50 bits per heavy atom. The standard InChI is InChI=1S/C14H18ClFN2O3S/c1-22(20,21)18-6-2-3-11(9-18)14(19)17-8-10-4-5-13(16)12(15)7-10/h4-5,7,11H,2-3,6,8-9H2,1H3,(H,17,19)/t11-/m0/s1. The second-order valence-electron chi connectivity index (χ2n) is 5.43. The number of nitrogens with one attached hydrogen (secondary N) is 1. The van der Waals surface area contributed by atoms with Gasteiger partial charge in [0.15, 0.2) is 0 Å². The zero-order valence-corrected chi connectivity index (χ0v) is 13.8. The molecule has 0 aromatic heterocycles. The van der Waals surface area contributed by atoms with Crippen LogP contribution in [0.15, 0.2) is 18.2 Å². The lowest BCUT2D eigenvalue weighted by Gasteiger charge is -2.30. The lowest BCUT2D eigenvalue weighted by Crippen LogP contribution is -2.44. The number of halogens is 2. The van der Waals surface area contributed by atoms with Crippen LogP contribution >= 0.6 is 11.6 Å². The summed E-state index contributed by atoms with van der Waals surface area (Å²) in [5.74, 6) is -1.07. The number of nitrogens with zero attached hydrogens (tertiary/aromatic N) is 1. The molecule has 0 bridgehead atoms. The molecule has 0 aliphatic carbocycles. The number of amides is 1. The van der Waals surface area contributed by atoms with Gasteiger partial charge in [-0.15, -0.1) is 0 Å². The van der Waals surface area contributed by atoms with Crippen LogP contribution in [0.4, 0.5) is 4.39 Å². The van der Waals surface area contributed by atoms with Crippen LogP contribution in [-0.4, -0.2) is 38.0 Å². The average Bonchev–Trinajstić information content (AvgIpc) is 2.47. The predicted octanol–water partition coefficient (Wildman–Crippen LogP) is 1.77. The molecule has 1 fully saturated rings. The summed E-state index contributed by atoms with van der Waals surface area (Å²) in [4.78, 5) is 12.2. The second-order valence-corrected chi connectivity index (χ2v) is 7.82. The van der Waals surface area contributed by atoms with Crippen LogP contribution in [0, 0.1) is 11.7 Å². The molecule has 1 saturated heterocycles. The molecule has 5 nitrogen and oxygen atoms in total. The molecule has 0 radical (unpaired) electrons. The van der Waals surface area contributed by atoms with Crippen molar-refractivity contribution in [2.24, 2.45) is 5.92 Å². The molecule has 0 unspecified atom stereocenters. The van der Waals surface area contributed by atoms with Gasteiger partial charge in [0, 0.05) is 19.6 Å². The van der Waals surface area contributed by atoms with Gasteiger partial charge >= 0.3 is 0 Å². The van der Waals surface area contributed by atoms with Crippen molar-refractivity contribution in [1.29, 1.82) is 0 Å². The zero-order valence-electron chi connectivity index (χ0n) is 12.2. The minimum Gasteiger partial charge on any atom is -0.352 e. The van der Waals surface area contributed by atoms with Crippen molar-refractivity contribution in [2.45, 2.75) is 19.4 Å². The van der Waals surface area contributed by atoms with E-state index in [2.05, 4.69) is 5.32 Å². The van der Waals surface area contributed by atoms with Crippen molar-refractivity contribution in [2.75, 3.05) is 19.3 Å². The molecule has 1 aliphatic heterocycles. The highest BCUT2D eigenvalue weighted by Crippen LogP contribution is 2.19. The Morgan fingerprint density at radius 2 is 2.23 bits per heavy atom. The van der Waals surface area contributed by atoms with Crippen LogP contribution in [0.5, 0.6) is 0 Å². The van der Waals surface area contributed by atoms with Gasteiger partial charge in [-0.25, -0.2) is 17.1 Å². The Hall–Kier alpha value is -1.18. The fraction of sp³-hybridized carbons (Fsp3) is 0.500. The molecule has 8 heteroatoms. The third-order valence-corrected chi connectivity index (χ3v) is 5.23. The summed E-state index contributed by atoms with van der Waals surface area (Å²) in [6, 6.07) is 4.25. The molecule has 2 rings (SSSR count). The third kappa shape index (κ3) is 4.41. The van der Waals surface area contributed by atoms with E-state index in [0.717, 1.165) is 6.26 Å². The summed E-state index contributed by atoms with van der Waals surface area (Å²) < 4.78 is 37.5. The minimum atomic E-state index is -3.28.